The lowest BCUT2D eigenvalue weighted by molar-refractivity contribution is -0.110. The first-order chi connectivity index (χ1) is 13.7. The topological polar surface area (TPSA) is 65.2 Å². The molecule has 0 saturated heterocycles. The minimum atomic E-state index is -2.40. The number of carbonyl (C=O) groups is 1. The Morgan fingerprint density at radius 3 is 2.45 bits per heavy atom. The van der Waals surface area contributed by atoms with Crippen molar-refractivity contribution in [2.24, 2.45) is 0 Å². The summed E-state index contributed by atoms with van der Waals surface area (Å²) in [7, 11) is 1.74. The predicted molar refractivity (Wildman–Crippen MR) is 124 cm³/mol. The maximum absolute atomic E-state index is 13.2. The molecule has 5 nitrogen and oxygen atoms in total. The van der Waals surface area contributed by atoms with Crippen LogP contribution in [0.2, 0.25) is 0 Å². The van der Waals surface area contributed by atoms with Crippen LogP contribution in [0.15, 0.2) is 18.2 Å². The lowest BCUT2D eigenvalue weighted by Crippen LogP contribution is -2.15. The van der Waals surface area contributed by atoms with Crippen LogP contribution >= 0.6 is 7.14 Å². The first-order valence-corrected chi connectivity index (χ1v) is 12.4. The summed E-state index contributed by atoms with van der Waals surface area (Å²) in [5.74, 6) is -0.110. The number of benzene rings is 1. The van der Waals surface area contributed by atoms with Crippen molar-refractivity contribution < 1.29 is 9.36 Å². The van der Waals surface area contributed by atoms with Crippen molar-refractivity contribution in [3.8, 4) is 0 Å². The van der Waals surface area contributed by atoms with Gasteiger partial charge in [-0.2, -0.15) is 0 Å². The molecule has 1 aromatic carbocycles. The molecule has 0 atom stereocenters. The Morgan fingerprint density at radius 1 is 1.14 bits per heavy atom. The fourth-order valence-electron chi connectivity index (χ4n) is 3.98. The number of carbonyl (C=O) groups excluding carboxylic acids is 1. The monoisotopic (exact) mass is 413 g/mol. The molecule has 0 aliphatic carbocycles. The van der Waals surface area contributed by atoms with Gasteiger partial charge in [-0.3, -0.25) is 4.79 Å². The molecule has 0 bridgehead atoms. The second-order valence-corrected chi connectivity index (χ2v) is 11.6. The van der Waals surface area contributed by atoms with E-state index in [2.05, 4.69) is 43.1 Å². The summed E-state index contributed by atoms with van der Waals surface area (Å²) in [4.78, 5) is 18.3. The number of amides is 1. The molecular formula is C23H32N3O2P. The molecule has 0 fully saturated rings. The van der Waals surface area contributed by atoms with E-state index in [0.717, 1.165) is 40.9 Å². The third-order valence-corrected chi connectivity index (χ3v) is 9.27. The van der Waals surface area contributed by atoms with Crippen molar-refractivity contribution >= 4 is 35.7 Å². The van der Waals surface area contributed by atoms with Crippen molar-refractivity contribution in [2.45, 2.75) is 34.1 Å². The third-order valence-electron chi connectivity index (χ3n) is 6.01. The van der Waals surface area contributed by atoms with Crippen molar-refractivity contribution in [1.29, 1.82) is 0 Å². The standard InChI is InChI=1S/C23H32N3O2P/c1-7-29(28,8-2)17-9-10-21-19(13-17)20(23(27)25-21)14-22-15(3)18(16(4)24-22)11-12-26(5)6/h9-10,13-14,24H,7-8,11-12H2,1-6H3,(H,25,27). The van der Waals surface area contributed by atoms with Crippen molar-refractivity contribution in [2.75, 3.05) is 38.3 Å². The maximum Gasteiger partial charge on any atom is 0.256 e. The molecule has 6 heteroatoms. The normalized spacial score (nSPS) is 15.3. The van der Waals surface area contributed by atoms with Gasteiger partial charge in [0.05, 0.1) is 5.57 Å². The molecule has 0 radical (unpaired) electrons. The van der Waals surface area contributed by atoms with Crippen LogP contribution in [0.3, 0.4) is 0 Å². The zero-order chi connectivity index (χ0) is 21.3. The largest absolute Gasteiger partial charge is 0.359 e. The summed E-state index contributed by atoms with van der Waals surface area (Å²) in [6.45, 7) is 9.11. The van der Waals surface area contributed by atoms with Gasteiger partial charge in [-0.1, -0.05) is 13.8 Å². The maximum atomic E-state index is 13.2. The number of hydrogen-bond donors (Lipinski definition) is 2. The molecule has 1 amide bonds. The van der Waals surface area contributed by atoms with Gasteiger partial charge < -0.3 is 19.8 Å². The van der Waals surface area contributed by atoms with Crippen LogP contribution < -0.4 is 10.6 Å². The second-order valence-electron chi connectivity index (χ2n) is 8.08. The molecule has 1 aliphatic rings. The highest BCUT2D eigenvalue weighted by Gasteiger charge is 2.28. The summed E-state index contributed by atoms with van der Waals surface area (Å²) in [6.07, 6.45) is 4.17. The van der Waals surface area contributed by atoms with Crippen LogP contribution in [0.1, 0.15) is 41.9 Å². The van der Waals surface area contributed by atoms with Crippen molar-refractivity contribution in [3.05, 3.63) is 46.3 Å². The fourth-order valence-corrected chi connectivity index (χ4v) is 5.86. The van der Waals surface area contributed by atoms with Crippen LogP contribution in [-0.4, -0.2) is 48.8 Å². The number of fused-ring (bicyclic) bond motifs is 1. The van der Waals surface area contributed by atoms with Crippen LogP contribution in [0, 0.1) is 13.8 Å². The summed E-state index contributed by atoms with van der Waals surface area (Å²) >= 11 is 0. The average Bonchev–Trinajstić information content (AvgIpc) is 3.14. The summed E-state index contributed by atoms with van der Waals surface area (Å²) < 4.78 is 13.2. The number of anilines is 1. The number of likely N-dealkylation sites (N-methyl/N-ethyl adjacent to an activating group) is 1. The van der Waals surface area contributed by atoms with Gasteiger partial charge in [-0.15, -0.1) is 0 Å². The van der Waals surface area contributed by atoms with E-state index in [1.807, 2.05) is 38.1 Å². The van der Waals surface area contributed by atoms with E-state index in [1.54, 1.807) is 0 Å². The highest BCUT2D eigenvalue weighted by molar-refractivity contribution is 7.71. The van der Waals surface area contributed by atoms with Crippen molar-refractivity contribution in [1.82, 2.24) is 9.88 Å². The average molecular weight is 414 g/mol. The molecule has 0 unspecified atom stereocenters. The van der Waals surface area contributed by atoms with E-state index in [-0.39, 0.29) is 5.91 Å². The molecule has 0 spiro atoms. The Kier molecular flexibility index (Phi) is 6.21. The van der Waals surface area contributed by atoms with Gasteiger partial charge in [0.25, 0.3) is 5.91 Å². The van der Waals surface area contributed by atoms with Gasteiger partial charge in [0.15, 0.2) is 0 Å². The Balaban J connectivity index is 2.04. The zero-order valence-corrected chi connectivity index (χ0v) is 19.2. The number of aryl methyl sites for hydroxylation is 1. The van der Waals surface area contributed by atoms with Gasteiger partial charge in [-0.05, 0) is 69.8 Å². The SMILES string of the molecule is CCP(=O)(CC)c1ccc2c(c1)C(=Cc1[nH]c(C)c(CCN(C)C)c1C)C(=O)N2. The Bertz CT molecular complexity index is 1010. The molecule has 29 heavy (non-hydrogen) atoms. The summed E-state index contributed by atoms with van der Waals surface area (Å²) in [5, 5.41) is 3.80. The minimum absolute atomic E-state index is 0.110. The fraction of sp³-hybridized carbons (Fsp3) is 0.435. The number of H-pyrrole nitrogens is 1. The van der Waals surface area contributed by atoms with Crippen LogP contribution in [0.4, 0.5) is 5.69 Å². The van der Waals surface area contributed by atoms with E-state index in [4.69, 9.17) is 0 Å². The highest BCUT2D eigenvalue weighted by atomic mass is 31.2. The van der Waals surface area contributed by atoms with E-state index in [1.165, 1.54) is 11.1 Å². The summed E-state index contributed by atoms with van der Waals surface area (Å²) in [6, 6.07) is 5.74. The lowest BCUT2D eigenvalue weighted by Gasteiger charge is -2.15. The predicted octanol–water partition coefficient (Wildman–Crippen LogP) is 4.26. The van der Waals surface area contributed by atoms with Crippen molar-refractivity contribution in [3.63, 3.8) is 0 Å². The molecule has 3 rings (SSSR count). The molecule has 2 heterocycles. The smallest absolute Gasteiger partial charge is 0.256 e. The number of nitrogens with zero attached hydrogens (tertiary/aromatic N) is 1. The number of nitrogens with one attached hydrogen (secondary N) is 2. The van der Waals surface area contributed by atoms with Gasteiger partial charge >= 0.3 is 0 Å². The van der Waals surface area contributed by atoms with E-state index < -0.39 is 7.14 Å². The number of aromatic amines is 1. The van der Waals surface area contributed by atoms with Crippen LogP contribution in [0.5, 0.6) is 0 Å². The quantitative estimate of drug-likeness (QED) is 0.527. The second kappa shape index (κ2) is 8.33. The van der Waals surface area contributed by atoms with E-state index in [0.29, 0.717) is 17.9 Å². The highest BCUT2D eigenvalue weighted by Crippen LogP contribution is 2.45. The lowest BCUT2D eigenvalue weighted by atomic mass is 10.0. The van der Waals surface area contributed by atoms with Gasteiger partial charge in [0.2, 0.25) is 0 Å². The molecule has 2 aromatic rings. The van der Waals surface area contributed by atoms with Crippen LogP contribution in [0.25, 0.3) is 11.6 Å². The molecule has 0 saturated carbocycles. The molecule has 2 N–H and O–H groups in total. The first-order valence-electron chi connectivity index (χ1n) is 10.3. The number of hydrogen-bond acceptors (Lipinski definition) is 3. The van der Waals surface area contributed by atoms with Gasteiger partial charge in [-0.25, -0.2) is 0 Å². The minimum Gasteiger partial charge on any atom is -0.359 e. The number of aromatic nitrogens is 1. The number of rotatable bonds is 7. The van der Waals surface area contributed by atoms with Crippen LogP contribution in [-0.2, 0) is 15.8 Å². The molecule has 156 valence electrons. The molecule has 1 aliphatic heterocycles. The Labute approximate surface area is 174 Å². The van der Waals surface area contributed by atoms with Gasteiger partial charge in [0, 0.05) is 46.8 Å². The Morgan fingerprint density at radius 2 is 1.83 bits per heavy atom. The zero-order valence-electron chi connectivity index (χ0n) is 18.3. The molecule has 1 aromatic heterocycles. The third kappa shape index (κ3) is 4.12. The van der Waals surface area contributed by atoms with E-state index >= 15 is 0 Å². The summed E-state index contributed by atoms with van der Waals surface area (Å²) in [5.41, 5.74) is 6.86. The molecular weight excluding hydrogens is 381 g/mol. The Hall–Kier alpha value is -2.10. The van der Waals surface area contributed by atoms with E-state index in [9.17, 15) is 9.36 Å². The first kappa shape index (κ1) is 21.6. The van der Waals surface area contributed by atoms with Gasteiger partial charge in [0.1, 0.15) is 7.14 Å².